The molecule has 2 heterocycles. The number of amides is 1. The van der Waals surface area contributed by atoms with Crippen LogP contribution in [0.2, 0.25) is 0 Å². The summed E-state index contributed by atoms with van der Waals surface area (Å²) in [6.45, 7) is 6.78. The number of ether oxygens (including phenoxy) is 2. The van der Waals surface area contributed by atoms with Crippen LogP contribution in [0.1, 0.15) is 33.6 Å². The Labute approximate surface area is 112 Å². The van der Waals surface area contributed by atoms with E-state index in [1.807, 2.05) is 20.8 Å². The Morgan fingerprint density at radius 3 is 2.95 bits per heavy atom. The second-order valence-corrected chi connectivity index (χ2v) is 5.60. The van der Waals surface area contributed by atoms with E-state index in [9.17, 15) is 4.79 Å². The summed E-state index contributed by atoms with van der Waals surface area (Å²) in [6, 6.07) is 0.385. The predicted molar refractivity (Wildman–Crippen MR) is 67.8 cm³/mol. The van der Waals surface area contributed by atoms with Crippen molar-refractivity contribution in [2.45, 2.75) is 45.3 Å². The minimum Gasteiger partial charge on any atom is -0.459 e. The van der Waals surface area contributed by atoms with Gasteiger partial charge in [-0.1, -0.05) is 0 Å². The van der Waals surface area contributed by atoms with Gasteiger partial charge >= 0.3 is 12.1 Å². The van der Waals surface area contributed by atoms with E-state index in [0.717, 1.165) is 12.8 Å². The summed E-state index contributed by atoms with van der Waals surface area (Å²) < 4.78 is 11.0. The Bertz CT molecular complexity index is 413. The van der Waals surface area contributed by atoms with Gasteiger partial charge < -0.3 is 14.4 Å². The summed E-state index contributed by atoms with van der Waals surface area (Å²) in [6.07, 6.45) is 2.80. The molecule has 7 heteroatoms. The first-order valence-corrected chi connectivity index (χ1v) is 6.44. The van der Waals surface area contributed by atoms with Gasteiger partial charge in [0.1, 0.15) is 18.0 Å². The largest absolute Gasteiger partial charge is 0.459 e. The number of carbonyl (C=O) groups is 1. The van der Waals surface area contributed by atoms with Crippen LogP contribution in [0, 0.1) is 0 Å². The average molecular weight is 268 g/mol. The molecule has 0 spiro atoms. The molecule has 1 aliphatic rings. The highest BCUT2D eigenvalue weighted by Gasteiger charge is 2.28. The van der Waals surface area contributed by atoms with Gasteiger partial charge in [0, 0.05) is 6.54 Å². The van der Waals surface area contributed by atoms with Crippen LogP contribution in [0.25, 0.3) is 0 Å². The van der Waals surface area contributed by atoms with Crippen LogP contribution in [0.15, 0.2) is 6.33 Å². The Morgan fingerprint density at radius 2 is 2.32 bits per heavy atom. The third-order valence-electron chi connectivity index (χ3n) is 2.70. The van der Waals surface area contributed by atoms with Crippen LogP contribution in [0.5, 0.6) is 6.01 Å². The van der Waals surface area contributed by atoms with Gasteiger partial charge in [-0.15, -0.1) is 0 Å². The summed E-state index contributed by atoms with van der Waals surface area (Å²) >= 11 is 0. The summed E-state index contributed by atoms with van der Waals surface area (Å²) in [5.41, 5.74) is -0.476. The molecule has 1 amide bonds. The molecule has 106 valence electrons. The van der Waals surface area contributed by atoms with E-state index in [1.54, 1.807) is 4.90 Å². The first-order chi connectivity index (χ1) is 8.94. The second-order valence-electron chi connectivity index (χ2n) is 5.60. The van der Waals surface area contributed by atoms with Crippen molar-refractivity contribution < 1.29 is 14.3 Å². The average Bonchev–Trinajstić information content (AvgIpc) is 2.80. The first kappa shape index (κ1) is 13.6. The lowest BCUT2D eigenvalue weighted by Crippen LogP contribution is -2.46. The van der Waals surface area contributed by atoms with E-state index in [-0.39, 0.29) is 12.2 Å². The molecule has 1 aromatic rings. The molecule has 1 atom stereocenters. The molecule has 0 radical (unpaired) electrons. The lowest BCUT2D eigenvalue weighted by atomic mass is 10.1. The van der Waals surface area contributed by atoms with Crippen LogP contribution in [0.3, 0.4) is 0 Å². The van der Waals surface area contributed by atoms with E-state index in [2.05, 4.69) is 15.2 Å². The molecular weight excluding hydrogens is 248 g/mol. The summed E-state index contributed by atoms with van der Waals surface area (Å²) in [5.74, 6) is 0. The van der Waals surface area contributed by atoms with Crippen LogP contribution in [0.4, 0.5) is 4.79 Å². The number of carbonyl (C=O) groups excluding carboxylic acids is 1. The van der Waals surface area contributed by atoms with E-state index in [4.69, 9.17) is 9.47 Å². The zero-order valence-corrected chi connectivity index (χ0v) is 11.5. The van der Waals surface area contributed by atoms with Gasteiger partial charge in [0.05, 0.1) is 6.54 Å². The molecule has 7 nitrogen and oxygen atoms in total. The molecule has 0 bridgehead atoms. The molecule has 1 fully saturated rings. The van der Waals surface area contributed by atoms with Crippen molar-refractivity contribution in [3.05, 3.63) is 6.33 Å². The number of aromatic nitrogens is 3. The van der Waals surface area contributed by atoms with Gasteiger partial charge in [-0.05, 0) is 33.6 Å². The number of likely N-dealkylation sites (tertiary alicyclic amines) is 1. The molecule has 1 unspecified atom stereocenters. The SMILES string of the molecule is CC(C)(C)OC(=O)N1CCCC(Oc2ncn[nH]2)C1. The molecular formula is C12H20N4O3. The highest BCUT2D eigenvalue weighted by atomic mass is 16.6. The lowest BCUT2D eigenvalue weighted by Gasteiger charge is -2.33. The summed E-state index contributed by atoms with van der Waals surface area (Å²) in [7, 11) is 0. The van der Waals surface area contributed by atoms with Gasteiger partial charge in [-0.2, -0.15) is 10.1 Å². The van der Waals surface area contributed by atoms with E-state index in [1.165, 1.54) is 6.33 Å². The fraction of sp³-hybridized carbons (Fsp3) is 0.750. The van der Waals surface area contributed by atoms with Crippen molar-refractivity contribution in [3.63, 3.8) is 0 Å². The van der Waals surface area contributed by atoms with Crippen molar-refractivity contribution in [1.82, 2.24) is 20.1 Å². The highest BCUT2D eigenvalue weighted by Crippen LogP contribution is 2.17. The monoisotopic (exact) mass is 268 g/mol. The second kappa shape index (κ2) is 5.46. The van der Waals surface area contributed by atoms with E-state index < -0.39 is 5.60 Å². The Hall–Kier alpha value is -1.79. The number of aromatic amines is 1. The van der Waals surface area contributed by atoms with Gasteiger partial charge in [0.25, 0.3) is 0 Å². The molecule has 2 rings (SSSR count). The Morgan fingerprint density at radius 1 is 1.53 bits per heavy atom. The first-order valence-electron chi connectivity index (χ1n) is 6.44. The molecule has 19 heavy (non-hydrogen) atoms. The van der Waals surface area contributed by atoms with Crippen molar-refractivity contribution >= 4 is 6.09 Å². The smallest absolute Gasteiger partial charge is 0.410 e. The molecule has 0 aliphatic carbocycles. The fourth-order valence-corrected chi connectivity index (χ4v) is 1.94. The minimum absolute atomic E-state index is 0.0748. The maximum absolute atomic E-state index is 12.0. The van der Waals surface area contributed by atoms with Crippen molar-refractivity contribution in [2.75, 3.05) is 13.1 Å². The van der Waals surface area contributed by atoms with Crippen LogP contribution in [-0.4, -0.2) is 51.0 Å². The maximum atomic E-state index is 12.0. The van der Waals surface area contributed by atoms with Crippen molar-refractivity contribution in [1.29, 1.82) is 0 Å². The fourth-order valence-electron chi connectivity index (χ4n) is 1.94. The van der Waals surface area contributed by atoms with Gasteiger partial charge in [0.15, 0.2) is 0 Å². The quantitative estimate of drug-likeness (QED) is 0.880. The lowest BCUT2D eigenvalue weighted by molar-refractivity contribution is 0.00666. The molecule has 1 saturated heterocycles. The van der Waals surface area contributed by atoms with Crippen LogP contribution < -0.4 is 4.74 Å². The molecule has 1 aromatic heterocycles. The molecule has 1 N–H and O–H groups in total. The number of nitrogens with zero attached hydrogens (tertiary/aromatic N) is 3. The number of nitrogens with one attached hydrogen (secondary N) is 1. The third kappa shape index (κ3) is 4.11. The Kier molecular flexibility index (Phi) is 3.92. The number of hydrogen-bond acceptors (Lipinski definition) is 5. The summed E-state index contributed by atoms with van der Waals surface area (Å²) in [5, 5.41) is 6.37. The highest BCUT2D eigenvalue weighted by molar-refractivity contribution is 5.68. The van der Waals surface area contributed by atoms with Crippen molar-refractivity contribution in [3.8, 4) is 6.01 Å². The number of hydrogen-bond donors (Lipinski definition) is 1. The van der Waals surface area contributed by atoms with Gasteiger partial charge in [0.2, 0.25) is 0 Å². The molecule has 0 saturated carbocycles. The molecule has 1 aliphatic heterocycles. The topological polar surface area (TPSA) is 80.3 Å². The zero-order chi connectivity index (χ0) is 13.9. The minimum atomic E-state index is -0.476. The van der Waals surface area contributed by atoms with E-state index in [0.29, 0.717) is 19.1 Å². The standard InChI is InChI=1S/C12H20N4O3/c1-12(2,3)19-11(17)16-6-4-5-9(7-16)18-10-13-8-14-15-10/h8-9H,4-7H2,1-3H3,(H,13,14,15). The van der Waals surface area contributed by atoms with E-state index >= 15 is 0 Å². The van der Waals surface area contributed by atoms with Gasteiger partial charge in [-0.3, -0.25) is 0 Å². The van der Waals surface area contributed by atoms with Crippen molar-refractivity contribution in [2.24, 2.45) is 0 Å². The molecule has 0 aromatic carbocycles. The zero-order valence-electron chi connectivity index (χ0n) is 11.5. The number of rotatable bonds is 2. The number of piperidine rings is 1. The Balaban J connectivity index is 1.88. The normalized spacial score (nSPS) is 20.2. The van der Waals surface area contributed by atoms with Gasteiger partial charge in [-0.25, -0.2) is 9.89 Å². The van der Waals surface area contributed by atoms with Crippen LogP contribution in [-0.2, 0) is 4.74 Å². The maximum Gasteiger partial charge on any atom is 0.410 e. The van der Waals surface area contributed by atoms with Crippen LogP contribution >= 0.6 is 0 Å². The summed E-state index contributed by atoms with van der Waals surface area (Å²) in [4.78, 5) is 17.6. The predicted octanol–water partition coefficient (Wildman–Crippen LogP) is 1.58. The number of H-pyrrole nitrogens is 1. The third-order valence-corrected chi connectivity index (χ3v) is 2.70.